The lowest BCUT2D eigenvalue weighted by atomic mass is 10.1. The number of carbonyl (C=O) groups excluding carboxylic acids is 1. The fourth-order valence-corrected chi connectivity index (χ4v) is 2.65. The lowest BCUT2D eigenvalue weighted by molar-refractivity contribution is 0.102. The van der Waals surface area contributed by atoms with Gasteiger partial charge in [0, 0.05) is 12.1 Å². The van der Waals surface area contributed by atoms with E-state index < -0.39 is 0 Å². The van der Waals surface area contributed by atoms with E-state index in [2.05, 4.69) is 20.8 Å². The Bertz CT molecular complexity index is 958. The fraction of sp³-hybridized carbons (Fsp3) is 0.190. The molecule has 3 aromatic rings. The second kappa shape index (κ2) is 8.85. The summed E-state index contributed by atoms with van der Waals surface area (Å²) in [7, 11) is 3.20. The van der Waals surface area contributed by atoms with E-state index >= 15 is 0 Å². The lowest BCUT2D eigenvalue weighted by Gasteiger charge is -2.10. The molecule has 0 radical (unpaired) electrons. The van der Waals surface area contributed by atoms with Gasteiger partial charge in [0.05, 0.1) is 14.2 Å². The molecule has 0 aliphatic heterocycles. The number of carbonyl (C=O) groups is 1. The van der Waals surface area contributed by atoms with Gasteiger partial charge in [-0.2, -0.15) is 0 Å². The molecule has 28 heavy (non-hydrogen) atoms. The summed E-state index contributed by atoms with van der Waals surface area (Å²) >= 11 is 0. The summed E-state index contributed by atoms with van der Waals surface area (Å²) < 4.78 is 10.5. The maximum absolute atomic E-state index is 12.3. The number of benzene rings is 2. The van der Waals surface area contributed by atoms with Gasteiger partial charge >= 0.3 is 0 Å². The van der Waals surface area contributed by atoms with Crippen LogP contribution in [0.25, 0.3) is 0 Å². The Morgan fingerprint density at radius 1 is 0.929 bits per heavy atom. The van der Waals surface area contributed by atoms with Gasteiger partial charge in [0.1, 0.15) is 5.82 Å². The van der Waals surface area contributed by atoms with Gasteiger partial charge in [0.2, 0.25) is 0 Å². The number of methoxy groups -OCH3 is 2. The topological polar surface area (TPSA) is 85.4 Å². The number of hydrogen-bond donors (Lipinski definition) is 2. The second-order valence-electron chi connectivity index (χ2n) is 6.17. The van der Waals surface area contributed by atoms with Crippen LogP contribution < -0.4 is 20.1 Å². The molecule has 3 rings (SSSR count). The van der Waals surface area contributed by atoms with Gasteiger partial charge in [-0.25, -0.2) is 0 Å². The summed E-state index contributed by atoms with van der Waals surface area (Å²) in [4.78, 5) is 12.3. The summed E-state index contributed by atoms with van der Waals surface area (Å²) in [5.74, 6) is 2.12. The largest absolute Gasteiger partial charge is 0.493 e. The van der Waals surface area contributed by atoms with Crippen LogP contribution in [0.2, 0.25) is 0 Å². The average Bonchev–Trinajstić information content (AvgIpc) is 2.73. The summed E-state index contributed by atoms with van der Waals surface area (Å²) in [5, 5.41) is 14.1. The smallest absolute Gasteiger partial charge is 0.256 e. The first-order chi connectivity index (χ1) is 13.6. The molecule has 2 aromatic carbocycles. The Kier molecular flexibility index (Phi) is 6.06. The number of nitrogens with zero attached hydrogens (tertiary/aromatic N) is 2. The number of hydrogen-bond acceptors (Lipinski definition) is 6. The predicted molar refractivity (Wildman–Crippen MR) is 108 cm³/mol. The zero-order valence-corrected chi connectivity index (χ0v) is 16.0. The number of aryl methyl sites for hydroxylation is 1. The molecule has 144 valence electrons. The monoisotopic (exact) mass is 378 g/mol. The molecule has 0 saturated heterocycles. The molecule has 1 heterocycles. The van der Waals surface area contributed by atoms with E-state index in [0.29, 0.717) is 35.2 Å². The number of ether oxygens (including phenoxy) is 2. The van der Waals surface area contributed by atoms with Crippen molar-refractivity contribution < 1.29 is 14.3 Å². The maximum Gasteiger partial charge on any atom is 0.256 e. The first-order valence-corrected chi connectivity index (χ1v) is 8.75. The number of nitrogens with one attached hydrogen (secondary N) is 2. The van der Waals surface area contributed by atoms with Crippen LogP contribution in [0.4, 0.5) is 11.6 Å². The highest BCUT2D eigenvalue weighted by atomic mass is 16.5. The third-order valence-corrected chi connectivity index (χ3v) is 4.11. The van der Waals surface area contributed by atoms with Crippen LogP contribution in [-0.2, 0) is 6.54 Å². The molecule has 0 bridgehead atoms. The van der Waals surface area contributed by atoms with Crippen LogP contribution in [0.15, 0.2) is 54.6 Å². The molecule has 2 N–H and O–H groups in total. The predicted octanol–water partition coefficient (Wildman–Crippen LogP) is 3.67. The average molecular weight is 378 g/mol. The van der Waals surface area contributed by atoms with Crippen molar-refractivity contribution >= 4 is 17.5 Å². The Labute approximate surface area is 163 Å². The fourth-order valence-electron chi connectivity index (χ4n) is 2.65. The van der Waals surface area contributed by atoms with E-state index in [1.165, 1.54) is 0 Å². The minimum Gasteiger partial charge on any atom is -0.493 e. The molecule has 0 saturated carbocycles. The first-order valence-electron chi connectivity index (χ1n) is 8.75. The zero-order valence-electron chi connectivity index (χ0n) is 16.0. The van der Waals surface area contributed by atoms with Gasteiger partial charge in [-0.15, -0.1) is 10.2 Å². The maximum atomic E-state index is 12.3. The van der Waals surface area contributed by atoms with Crippen LogP contribution in [0, 0.1) is 6.92 Å². The van der Waals surface area contributed by atoms with Gasteiger partial charge in [-0.3, -0.25) is 4.79 Å². The van der Waals surface area contributed by atoms with Crippen LogP contribution in [0.3, 0.4) is 0 Å². The summed E-state index contributed by atoms with van der Waals surface area (Å²) in [6.45, 7) is 2.49. The van der Waals surface area contributed by atoms with Crippen molar-refractivity contribution in [1.29, 1.82) is 0 Å². The van der Waals surface area contributed by atoms with Crippen LogP contribution in [-0.4, -0.2) is 30.3 Å². The summed E-state index contributed by atoms with van der Waals surface area (Å²) in [6.07, 6.45) is 0. The second-order valence-corrected chi connectivity index (χ2v) is 6.17. The van der Waals surface area contributed by atoms with Gasteiger partial charge in [-0.1, -0.05) is 23.8 Å². The highest BCUT2D eigenvalue weighted by molar-refractivity contribution is 6.03. The standard InChI is InChI=1S/C21H22N4O3/c1-14-5-4-6-16(11-14)21(26)23-20-10-9-19(24-25-20)22-13-15-7-8-17(27-2)18(12-15)28-3/h4-12H,13H2,1-3H3,(H,22,24)(H,23,25,26). The molecule has 0 spiro atoms. The van der Waals surface area contributed by atoms with Crippen LogP contribution in [0.1, 0.15) is 21.5 Å². The molecule has 7 nitrogen and oxygen atoms in total. The molecular formula is C21H22N4O3. The quantitative estimate of drug-likeness (QED) is 0.653. The zero-order chi connectivity index (χ0) is 19.9. The minimum atomic E-state index is -0.218. The van der Waals surface area contributed by atoms with E-state index in [-0.39, 0.29) is 5.91 Å². The van der Waals surface area contributed by atoms with Crippen molar-refractivity contribution in [2.24, 2.45) is 0 Å². The number of amides is 1. The van der Waals surface area contributed by atoms with E-state index in [4.69, 9.17) is 9.47 Å². The van der Waals surface area contributed by atoms with E-state index in [1.807, 2.05) is 43.3 Å². The molecule has 0 unspecified atom stereocenters. The SMILES string of the molecule is COc1ccc(CNc2ccc(NC(=O)c3cccc(C)c3)nn2)cc1OC. The lowest BCUT2D eigenvalue weighted by Crippen LogP contribution is -2.13. The molecule has 1 aromatic heterocycles. The van der Waals surface area contributed by atoms with Gasteiger partial charge < -0.3 is 20.1 Å². The summed E-state index contributed by atoms with van der Waals surface area (Å²) in [5.41, 5.74) is 2.61. The van der Waals surface area contributed by atoms with Crippen molar-refractivity contribution in [3.05, 3.63) is 71.3 Å². The highest BCUT2D eigenvalue weighted by Gasteiger charge is 2.08. The Hall–Kier alpha value is -3.61. The molecule has 1 amide bonds. The van der Waals surface area contributed by atoms with E-state index in [0.717, 1.165) is 11.1 Å². The number of rotatable bonds is 7. The first kappa shape index (κ1) is 19.2. The normalized spacial score (nSPS) is 10.2. The van der Waals surface area contributed by atoms with Crippen molar-refractivity contribution in [3.8, 4) is 11.5 Å². The minimum absolute atomic E-state index is 0.218. The van der Waals surface area contributed by atoms with Crippen molar-refractivity contribution in [3.63, 3.8) is 0 Å². The molecule has 0 aliphatic rings. The van der Waals surface area contributed by atoms with Crippen LogP contribution in [0.5, 0.6) is 11.5 Å². The molecule has 7 heteroatoms. The van der Waals surface area contributed by atoms with E-state index in [9.17, 15) is 4.79 Å². The Morgan fingerprint density at radius 3 is 2.36 bits per heavy atom. The third kappa shape index (κ3) is 4.76. The number of anilines is 2. The van der Waals surface area contributed by atoms with E-state index in [1.54, 1.807) is 32.4 Å². The highest BCUT2D eigenvalue weighted by Crippen LogP contribution is 2.27. The van der Waals surface area contributed by atoms with Crippen molar-refractivity contribution in [2.75, 3.05) is 24.9 Å². The Morgan fingerprint density at radius 2 is 1.68 bits per heavy atom. The molecule has 0 atom stereocenters. The van der Waals surface area contributed by atoms with Gasteiger partial charge in [0.25, 0.3) is 5.91 Å². The Balaban J connectivity index is 1.59. The summed E-state index contributed by atoms with van der Waals surface area (Å²) in [6, 6.07) is 16.5. The molecule has 0 fully saturated rings. The number of aromatic nitrogens is 2. The van der Waals surface area contributed by atoms with Crippen molar-refractivity contribution in [1.82, 2.24) is 10.2 Å². The van der Waals surface area contributed by atoms with Gasteiger partial charge in [-0.05, 0) is 48.9 Å². The van der Waals surface area contributed by atoms with Gasteiger partial charge in [0.15, 0.2) is 17.3 Å². The van der Waals surface area contributed by atoms with Crippen LogP contribution >= 0.6 is 0 Å². The molecular weight excluding hydrogens is 356 g/mol. The third-order valence-electron chi connectivity index (χ3n) is 4.11. The van der Waals surface area contributed by atoms with Crippen molar-refractivity contribution in [2.45, 2.75) is 13.5 Å². The molecule has 0 aliphatic carbocycles.